The number of aryl methyl sites for hydroxylation is 1. The molecule has 0 aromatic heterocycles. The molecule has 0 heterocycles. The normalized spacial score (nSPS) is 15.7. The van der Waals surface area contributed by atoms with Gasteiger partial charge >= 0.3 is 0 Å². The summed E-state index contributed by atoms with van der Waals surface area (Å²) in [5, 5.41) is 2.98. The van der Waals surface area contributed by atoms with Crippen LogP contribution in [0.3, 0.4) is 0 Å². The van der Waals surface area contributed by atoms with E-state index in [2.05, 4.69) is 5.32 Å². The van der Waals surface area contributed by atoms with Crippen molar-refractivity contribution in [2.75, 3.05) is 0 Å². The molecule has 0 spiro atoms. The van der Waals surface area contributed by atoms with Gasteiger partial charge in [0.1, 0.15) is 5.82 Å². The Bertz CT molecular complexity index is 644. The zero-order valence-electron chi connectivity index (χ0n) is 11.3. The lowest BCUT2D eigenvalue weighted by atomic mass is 10.0. The van der Waals surface area contributed by atoms with Crippen LogP contribution in [0.4, 0.5) is 4.39 Å². The molecule has 2 nitrogen and oxygen atoms in total. The molecule has 1 N–H and O–H groups in total. The molecular formula is C17H16FNO. The average molecular weight is 269 g/mol. The summed E-state index contributed by atoms with van der Waals surface area (Å²) in [7, 11) is 0. The van der Waals surface area contributed by atoms with Crippen molar-refractivity contribution >= 4 is 5.91 Å². The van der Waals surface area contributed by atoms with Crippen molar-refractivity contribution in [3.8, 4) is 0 Å². The molecule has 1 amide bonds. The van der Waals surface area contributed by atoms with Gasteiger partial charge in [-0.05, 0) is 38.0 Å². The summed E-state index contributed by atoms with van der Waals surface area (Å²) in [5.74, 6) is -0.403. The molecule has 2 aromatic carbocycles. The maximum absolute atomic E-state index is 13.9. The number of nitrogens with one attached hydrogen (secondary N) is 1. The maximum atomic E-state index is 13.9. The Morgan fingerprint density at radius 1 is 1.10 bits per heavy atom. The predicted octanol–water partition coefficient (Wildman–Crippen LogP) is 3.55. The molecule has 2 aromatic rings. The summed E-state index contributed by atoms with van der Waals surface area (Å²) >= 11 is 0. The van der Waals surface area contributed by atoms with Crippen molar-refractivity contribution in [2.24, 2.45) is 0 Å². The van der Waals surface area contributed by atoms with E-state index < -0.39 is 5.54 Å². The minimum absolute atomic E-state index is 0.147. The number of rotatable bonds is 3. The van der Waals surface area contributed by atoms with Crippen molar-refractivity contribution in [1.29, 1.82) is 0 Å². The fourth-order valence-electron chi connectivity index (χ4n) is 2.43. The van der Waals surface area contributed by atoms with Crippen molar-refractivity contribution in [2.45, 2.75) is 25.3 Å². The second kappa shape index (κ2) is 4.75. The van der Waals surface area contributed by atoms with E-state index in [1.54, 1.807) is 30.3 Å². The number of hydrogen-bond acceptors (Lipinski definition) is 1. The molecule has 1 aliphatic rings. The van der Waals surface area contributed by atoms with Gasteiger partial charge in [0.15, 0.2) is 0 Å². The van der Waals surface area contributed by atoms with Crippen LogP contribution >= 0.6 is 0 Å². The second-order valence-corrected chi connectivity index (χ2v) is 5.38. The third-order valence-corrected chi connectivity index (χ3v) is 3.81. The van der Waals surface area contributed by atoms with Gasteiger partial charge in [0.05, 0.1) is 5.54 Å². The van der Waals surface area contributed by atoms with Gasteiger partial charge in [-0.3, -0.25) is 4.79 Å². The number of benzene rings is 2. The smallest absolute Gasteiger partial charge is 0.251 e. The first-order valence-corrected chi connectivity index (χ1v) is 6.75. The number of carbonyl (C=O) groups excluding carboxylic acids is 1. The Morgan fingerprint density at radius 3 is 2.35 bits per heavy atom. The minimum Gasteiger partial charge on any atom is -0.342 e. The number of amides is 1. The molecule has 1 fully saturated rings. The molecule has 1 aliphatic carbocycles. The largest absolute Gasteiger partial charge is 0.342 e. The van der Waals surface area contributed by atoms with Gasteiger partial charge in [-0.15, -0.1) is 0 Å². The van der Waals surface area contributed by atoms with Crippen LogP contribution < -0.4 is 5.32 Å². The third-order valence-electron chi connectivity index (χ3n) is 3.81. The standard InChI is InChI=1S/C17H16FNO/c1-12-6-8-13(9-7-12)16(20)19-17(10-11-17)14-4-2-3-5-15(14)18/h2-9H,10-11H2,1H3,(H,19,20). The molecule has 3 heteroatoms. The van der Waals surface area contributed by atoms with Gasteiger partial charge < -0.3 is 5.32 Å². The van der Waals surface area contributed by atoms with E-state index in [4.69, 9.17) is 0 Å². The van der Waals surface area contributed by atoms with Crippen LogP contribution in [-0.4, -0.2) is 5.91 Å². The average Bonchev–Trinajstić information content (AvgIpc) is 3.20. The molecule has 0 aliphatic heterocycles. The SMILES string of the molecule is Cc1ccc(C(=O)NC2(c3ccccc3F)CC2)cc1. The highest BCUT2D eigenvalue weighted by molar-refractivity contribution is 5.95. The Morgan fingerprint density at radius 2 is 1.75 bits per heavy atom. The molecule has 0 radical (unpaired) electrons. The van der Waals surface area contributed by atoms with Crippen LogP contribution in [0.1, 0.15) is 34.3 Å². The molecule has 0 unspecified atom stereocenters. The molecular weight excluding hydrogens is 253 g/mol. The monoisotopic (exact) mass is 269 g/mol. The summed E-state index contributed by atoms with van der Waals surface area (Å²) in [6, 6.07) is 14.0. The first kappa shape index (κ1) is 12.9. The van der Waals surface area contributed by atoms with Crippen molar-refractivity contribution in [3.05, 3.63) is 71.0 Å². The van der Waals surface area contributed by atoms with E-state index in [9.17, 15) is 9.18 Å². The first-order chi connectivity index (χ1) is 9.61. The Balaban J connectivity index is 1.82. The highest BCUT2D eigenvalue weighted by Gasteiger charge is 2.47. The number of carbonyl (C=O) groups is 1. The van der Waals surface area contributed by atoms with Crippen LogP contribution in [0.25, 0.3) is 0 Å². The van der Waals surface area contributed by atoms with Gasteiger partial charge in [-0.25, -0.2) is 4.39 Å². The molecule has 20 heavy (non-hydrogen) atoms. The van der Waals surface area contributed by atoms with Gasteiger partial charge in [0.25, 0.3) is 5.91 Å². The van der Waals surface area contributed by atoms with Crippen LogP contribution in [0, 0.1) is 12.7 Å². The lowest BCUT2D eigenvalue weighted by Crippen LogP contribution is -2.35. The van der Waals surface area contributed by atoms with E-state index >= 15 is 0 Å². The molecule has 0 saturated heterocycles. The topological polar surface area (TPSA) is 29.1 Å². The molecule has 3 rings (SSSR count). The van der Waals surface area contributed by atoms with E-state index in [0.717, 1.165) is 18.4 Å². The Hall–Kier alpha value is -2.16. The van der Waals surface area contributed by atoms with Crippen LogP contribution in [0.2, 0.25) is 0 Å². The summed E-state index contributed by atoms with van der Waals surface area (Å²) in [6.07, 6.45) is 1.57. The van der Waals surface area contributed by atoms with Gasteiger partial charge in [0.2, 0.25) is 0 Å². The van der Waals surface area contributed by atoms with E-state index in [0.29, 0.717) is 11.1 Å². The zero-order chi connectivity index (χ0) is 14.2. The predicted molar refractivity (Wildman–Crippen MR) is 76.0 cm³/mol. The maximum Gasteiger partial charge on any atom is 0.251 e. The lowest BCUT2D eigenvalue weighted by molar-refractivity contribution is 0.0930. The van der Waals surface area contributed by atoms with E-state index in [-0.39, 0.29) is 11.7 Å². The van der Waals surface area contributed by atoms with Crippen molar-refractivity contribution < 1.29 is 9.18 Å². The highest BCUT2D eigenvalue weighted by Crippen LogP contribution is 2.46. The van der Waals surface area contributed by atoms with Crippen molar-refractivity contribution in [1.82, 2.24) is 5.32 Å². The molecule has 0 atom stereocenters. The fourth-order valence-corrected chi connectivity index (χ4v) is 2.43. The van der Waals surface area contributed by atoms with Gasteiger partial charge in [0, 0.05) is 11.1 Å². The van der Waals surface area contributed by atoms with Crippen LogP contribution in [0.5, 0.6) is 0 Å². The summed E-state index contributed by atoms with van der Waals surface area (Å²) in [4.78, 5) is 12.3. The Labute approximate surface area is 117 Å². The van der Waals surface area contributed by atoms with Crippen LogP contribution in [-0.2, 0) is 5.54 Å². The molecule has 102 valence electrons. The Kier molecular flexibility index (Phi) is 3.05. The zero-order valence-corrected chi connectivity index (χ0v) is 11.3. The summed E-state index contributed by atoms with van der Waals surface area (Å²) in [6.45, 7) is 1.98. The summed E-state index contributed by atoms with van der Waals surface area (Å²) < 4.78 is 13.9. The quantitative estimate of drug-likeness (QED) is 0.907. The number of halogens is 1. The first-order valence-electron chi connectivity index (χ1n) is 6.75. The van der Waals surface area contributed by atoms with E-state index in [1.807, 2.05) is 19.1 Å². The number of hydrogen-bond donors (Lipinski definition) is 1. The summed E-state index contributed by atoms with van der Waals surface area (Å²) in [5.41, 5.74) is 1.78. The minimum atomic E-state index is -0.521. The van der Waals surface area contributed by atoms with Crippen molar-refractivity contribution in [3.63, 3.8) is 0 Å². The highest BCUT2D eigenvalue weighted by atomic mass is 19.1. The van der Waals surface area contributed by atoms with E-state index in [1.165, 1.54) is 6.07 Å². The second-order valence-electron chi connectivity index (χ2n) is 5.38. The van der Waals surface area contributed by atoms with Crippen LogP contribution in [0.15, 0.2) is 48.5 Å². The molecule has 0 bridgehead atoms. The third kappa shape index (κ3) is 2.31. The van der Waals surface area contributed by atoms with Gasteiger partial charge in [-0.1, -0.05) is 35.9 Å². The lowest BCUT2D eigenvalue weighted by Gasteiger charge is -2.18. The fraction of sp³-hybridized carbons (Fsp3) is 0.235. The molecule has 1 saturated carbocycles. The van der Waals surface area contributed by atoms with Gasteiger partial charge in [-0.2, -0.15) is 0 Å².